The van der Waals surface area contributed by atoms with Gasteiger partial charge in [0.05, 0.1) is 17.8 Å². The summed E-state index contributed by atoms with van der Waals surface area (Å²) in [7, 11) is -0.322. The van der Waals surface area contributed by atoms with Crippen molar-refractivity contribution < 1.29 is 14.0 Å². The smallest absolute Gasteiger partial charge is 0.493 e. The second-order valence-corrected chi connectivity index (χ2v) is 6.53. The molecule has 21 heavy (non-hydrogen) atoms. The second kappa shape index (κ2) is 5.86. The van der Waals surface area contributed by atoms with Crippen LogP contribution < -0.4 is 10.2 Å². The Morgan fingerprint density at radius 2 is 1.81 bits per heavy atom. The van der Waals surface area contributed by atoms with Crippen molar-refractivity contribution >= 4 is 12.6 Å². The zero-order chi connectivity index (χ0) is 15.7. The van der Waals surface area contributed by atoms with E-state index in [0.717, 1.165) is 23.2 Å². The van der Waals surface area contributed by atoms with Crippen molar-refractivity contribution in [1.82, 2.24) is 0 Å². The molecule has 1 aromatic carbocycles. The van der Waals surface area contributed by atoms with Crippen molar-refractivity contribution in [2.75, 3.05) is 6.61 Å². The molecule has 4 heteroatoms. The highest BCUT2D eigenvalue weighted by atomic mass is 16.7. The topological polar surface area (TPSA) is 27.7 Å². The summed E-state index contributed by atoms with van der Waals surface area (Å²) in [6, 6.07) is 6.03. The summed E-state index contributed by atoms with van der Waals surface area (Å²) in [5, 5.41) is 0. The summed E-state index contributed by atoms with van der Waals surface area (Å²) in [5.74, 6) is 0.870. The Bertz CT molecular complexity index is 507. The molecule has 1 aliphatic heterocycles. The third-order valence-electron chi connectivity index (χ3n) is 4.34. The lowest BCUT2D eigenvalue weighted by Crippen LogP contribution is -2.41. The maximum absolute atomic E-state index is 6.09. The minimum absolute atomic E-state index is 0.316. The molecule has 1 heterocycles. The van der Waals surface area contributed by atoms with E-state index in [1.54, 1.807) is 0 Å². The summed E-state index contributed by atoms with van der Waals surface area (Å²) < 4.78 is 17.9. The second-order valence-electron chi connectivity index (χ2n) is 6.53. The molecule has 0 spiro atoms. The van der Waals surface area contributed by atoms with Crippen LogP contribution in [0.15, 0.2) is 30.9 Å². The van der Waals surface area contributed by atoms with Gasteiger partial charge in [0.1, 0.15) is 5.75 Å². The van der Waals surface area contributed by atoms with Crippen LogP contribution in [0.2, 0.25) is 0 Å². The first-order chi connectivity index (χ1) is 9.77. The molecular weight excluding hydrogens is 263 g/mol. The number of benzene rings is 1. The Hall–Kier alpha value is -1.26. The van der Waals surface area contributed by atoms with E-state index in [2.05, 4.69) is 41.2 Å². The Morgan fingerprint density at radius 3 is 2.33 bits per heavy atom. The van der Waals surface area contributed by atoms with Gasteiger partial charge < -0.3 is 14.0 Å². The molecule has 0 N–H and O–H groups in total. The fourth-order valence-corrected chi connectivity index (χ4v) is 2.23. The van der Waals surface area contributed by atoms with Gasteiger partial charge in [-0.05, 0) is 64.2 Å². The first-order valence-corrected chi connectivity index (χ1v) is 7.47. The first kappa shape index (κ1) is 16.1. The summed E-state index contributed by atoms with van der Waals surface area (Å²) in [5.41, 5.74) is 1.54. The lowest BCUT2D eigenvalue weighted by atomic mass is 9.76. The third kappa shape index (κ3) is 3.33. The van der Waals surface area contributed by atoms with Crippen LogP contribution in [0.25, 0.3) is 0 Å². The number of hydrogen-bond donors (Lipinski definition) is 0. The van der Waals surface area contributed by atoms with Crippen molar-refractivity contribution in [3.8, 4) is 5.75 Å². The largest absolute Gasteiger partial charge is 0.495 e. The van der Waals surface area contributed by atoms with Gasteiger partial charge in [-0.2, -0.15) is 0 Å². The Morgan fingerprint density at radius 1 is 1.19 bits per heavy atom. The van der Waals surface area contributed by atoms with Gasteiger partial charge in [-0.25, -0.2) is 0 Å². The lowest BCUT2D eigenvalue weighted by molar-refractivity contribution is 0.00578. The fraction of sp³-hybridized carbons (Fsp3) is 0.529. The van der Waals surface area contributed by atoms with Crippen LogP contribution in [0.3, 0.4) is 0 Å². The van der Waals surface area contributed by atoms with E-state index in [9.17, 15) is 0 Å². The maximum atomic E-state index is 6.09. The van der Waals surface area contributed by atoms with Crippen LogP contribution >= 0.6 is 0 Å². The van der Waals surface area contributed by atoms with Gasteiger partial charge in [-0.3, -0.25) is 0 Å². The van der Waals surface area contributed by atoms with Gasteiger partial charge in [0, 0.05) is 0 Å². The van der Waals surface area contributed by atoms with Crippen LogP contribution in [-0.2, 0) is 9.31 Å². The predicted octanol–water partition coefficient (Wildman–Crippen LogP) is 3.25. The molecule has 0 aromatic heterocycles. The summed E-state index contributed by atoms with van der Waals surface area (Å²) >= 11 is 0. The van der Waals surface area contributed by atoms with Crippen molar-refractivity contribution in [3.63, 3.8) is 0 Å². The van der Waals surface area contributed by atoms with Gasteiger partial charge >= 0.3 is 7.12 Å². The van der Waals surface area contributed by atoms with Crippen LogP contribution in [0.5, 0.6) is 5.75 Å². The molecule has 1 aromatic rings. The van der Waals surface area contributed by atoms with E-state index in [0.29, 0.717) is 6.61 Å². The van der Waals surface area contributed by atoms with Crippen LogP contribution in [0, 0.1) is 6.92 Å². The molecule has 0 saturated carbocycles. The van der Waals surface area contributed by atoms with E-state index in [-0.39, 0.29) is 18.3 Å². The summed E-state index contributed by atoms with van der Waals surface area (Å²) in [6.07, 6.45) is 2.70. The van der Waals surface area contributed by atoms with E-state index >= 15 is 0 Å². The number of rotatable bonds is 5. The lowest BCUT2D eigenvalue weighted by Gasteiger charge is -2.32. The van der Waals surface area contributed by atoms with E-state index in [4.69, 9.17) is 14.0 Å². The molecule has 0 bridgehead atoms. The van der Waals surface area contributed by atoms with Crippen molar-refractivity contribution in [2.45, 2.75) is 52.2 Å². The molecule has 0 amide bonds. The molecule has 1 aliphatic rings. The van der Waals surface area contributed by atoms with Gasteiger partial charge in [0.15, 0.2) is 0 Å². The number of ether oxygens (including phenoxy) is 1. The van der Waals surface area contributed by atoms with E-state index in [1.165, 1.54) is 0 Å². The minimum Gasteiger partial charge on any atom is -0.493 e. The van der Waals surface area contributed by atoms with Crippen molar-refractivity contribution in [1.29, 1.82) is 0 Å². The minimum atomic E-state index is -0.322. The van der Waals surface area contributed by atoms with Gasteiger partial charge in [-0.15, -0.1) is 6.58 Å². The molecule has 1 fully saturated rings. The Kier molecular flexibility index (Phi) is 4.50. The van der Waals surface area contributed by atoms with Crippen LogP contribution in [0.4, 0.5) is 0 Å². The summed E-state index contributed by atoms with van der Waals surface area (Å²) in [4.78, 5) is 0. The molecule has 0 aliphatic carbocycles. The quantitative estimate of drug-likeness (QED) is 0.473. The number of aryl methyl sites for hydroxylation is 1. The van der Waals surface area contributed by atoms with Crippen LogP contribution in [0.1, 0.15) is 39.7 Å². The molecule has 1 saturated heterocycles. The third-order valence-corrected chi connectivity index (χ3v) is 4.34. The highest BCUT2D eigenvalue weighted by Crippen LogP contribution is 2.36. The average Bonchev–Trinajstić information content (AvgIpc) is 2.58. The van der Waals surface area contributed by atoms with E-state index < -0.39 is 0 Å². The molecule has 0 atom stereocenters. The number of hydrogen-bond acceptors (Lipinski definition) is 3. The van der Waals surface area contributed by atoms with Crippen LogP contribution in [-0.4, -0.2) is 24.9 Å². The molecule has 3 nitrogen and oxygen atoms in total. The zero-order valence-corrected chi connectivity index (χ0v) is 13.7. The monoisotopic (exact) mass is 288 g/mol. The van der Waals surface area contributed by atoms with E-state index in [1.807, 2.05) is 24.3 Å². The maximum Gasteiger partial charge on any atom is 0.495 e. The standard InChI is InChI=1S/C17H25BO3/c1-7-8-11-19-14-9-10-15(13(2)12-14)18-20-16(3,4)17(5,6)21-18/h7,9-10,12H,1,8,11H2,2-6H3. The zero-order valence-electron chi connectivity index (χ0n) is 13.7. The first-order valence-electron chi connectivity index (χ1n) is 7.47. The predicted molar refractivity (Wildman–Crippen MR) is 87.2 cm³/mol. The molecule has 0 radical (unpaired) electrons. The highest BCUT2D eigenvalue weighted by Gasteiger charge is 2.52. The molecular formula is C17H25BO3. The fourth-order valence-electron chi connectivity index (χ4n) is 2.23. The van der Waals surface area contributed by atoms with Crippen molar-refractivity contribution in [2.24, 2.45) is 0 Å². The Labute approximate surface area is 128 Å². The highest BCUT2D eigenvalue weighted by molar-refractivity contribution is 6.62. The normalized spacial score (nSPS) is 19.6. The van der Waals surface area contributed by atoms with Gasteiger partial charge in [0.2, 0.25) is 0 Å². The Balaban J connectivity index is 2.13. The average molecular weight is 288 g/mol. The SMILES string of the molecule is C=CCCOc1ccc(B2OC(C)(C)C(C)(C)O2)c(C)c1. The molecule has 2 rings (SSSR count). The molecule has 0 unspecified atom stereocenters. The van der Waals surface area contributed by atoms with Gasteiger partial charge in [-0.1, -0.05) is 12.1 Å². The summed E-state index contributed by atoms with van der Waals surface area (Å²) in [6.45, 7) is 14.7. The van der Waals surface area contributed by atoms with Crippen molar-refractivity contribution in [3.05, 3.63) is 36.4 Å². The molecule has 114 valence electrons. The van der Waals surface area contributed by atoms with Gasteiger partial charge in [0.25, 0.3) is 0 Å².